The number of nitrogens with one attached hydrogen (secondary N) is 2. The van der Waals surface area contributed by atoms with Crippen LogP contribution < -0.4 is 10.0 Å². The molecule has 0 aliphatic carbocycles. The number of rotatable bonds is 5. The number of nitrogens with zero attached hydrogens (tertiary/aromatic N) is 1. The minimum atomic E-state index is -3.82. The molecule has 0 aliphatic rings. The lowest BCUT2D eigenvalue weighted by Gasteiger charge is -2.22. The van der Waals surface area contributed by atoms with Crippen molar-refractivity contribution in [3.8, 4) is 10.4 Å². The van der Waals surface area contributed by atoms with Crippen molar-refractivity contribution in [2.24, 2.45) is 0 Å². The van der Waals surface area contributed by atoms with Gasteiger partial charge in [0.05, 0.1) is 21.4 Å². The number of carbonyl (C=O) groups excluding carboxylic acids is 1. The first kappa shape index (κ1) is 20.3. The van der Waals surface area contributed by atoms with Gasteiger partial charge in [0.1, 0.15) is 0 Å². The van der Waals surface area contributed by atoms with Gasteiger partial charge in [-0.2, -0.15) is 0 Å². The van der Waals surface area contributed by atoms with Crippen molar-refractivity contribution < 1.29 is 17.9 Å². The van der Waals surface area contributed by atoms with E-state index in [9.17, 15) is 13.2 Å². The first-order valence-electron chi connectivity index (χ1n) is 8.02. The SMILES string of the molecule is CC(C)OC(=O)Nc1ccc(-c2cncs2)c(S(=O)(=O)NC(C)(C)C)c1. The van der Waals surface area contributed by atoms with Crippen LogP contribution in [-0.2, 0) is 14.8 Å². The molecular weight excluding hydrogens is 374 g/mol. The molecule has 1 amide bonds. The molecule has 2 rings (SSSR count). The van der Waals surface area contributed by atoms with Crippen LogP contribution in [0.3, 0.4) is 0 Å². The van der Waals surface area contributed by atoms with Gasteiger partial charge in [0.15, 0.2) is 0 Å². The van der Waals surface area contributed by atoms with Gasteiger partial charge < -0.3 is 4.74 Å². The zero-order valence-corrected chi connectivity index (χ0v) is 17.0. The number of carbonyl (C=O) groups is 1. The number of anilines is 1. The van der Waals surface area contributed by atoms with Gasteiger partial charge in [-0.25, -0.2) is 17.9 Å². The molecule has 0 fully saturated rings. The van der Waals surface area contributed by atoms with Crippen LogP contribution in [0.5, 0.6) is 0 Å². The summed E-state index contributed by atoms with van der Waals surface area (Å²) in [5.74, 6) is 0. The second kappa shape index (κ2) is 7.73. The summed E-state index contributed by atoms with van der Waals surface area (Å²) in [6.07, 6.45) is 0.686. The Morgan fingerprint density at radius 3 is 2.50 bits per heavy atom. The van der Waals surface area contributed by atoms with Crippen LogP contribution in [0.15, 0.2) is 34.8 Å². The minimum absolute atomic E-state index is 0.0685. The highest BCUT2D eigenvalue weighted by Crippen LogP contribution is 2.32. The summed E-state index contributed by atoms with van der Waals surface area (Å²) in [6.45, 7) is 8.75. The third kappa shape index (κ3) is 5.52. The third-order valence-corrected chi connectivity index (χ3v) is 5.60. The van der Waals surface area contributed by atoms with Crippen molar-refractivity contribution >= 4 is 33.1 Å². The number of thiazole rings is 1. The molecule has 0 saturated carbocycles. The van der Waals surface area contributed by atoms with Gasteiger partial charge in [0.2, 0.25) is 10.0 Å². The Hall–Kier alpha value is -1.97. The molecule has 0 spiro atoms. The highest BCUT2D eigenvalue weighted by Gasteiger charge is 2.26. The summed E-state index contributed by atoms with van der Waals surface area (Å²) >= 11 is 1.34. The molecule has 1 aromatic heterocycles. The predicted molar refractivity (Wildman–Crippen MR) is 103 cm³/mol. The lowest BCUT2D eigenvalue weighted by molar-refractivity contribution is 0.130. The van der Waals surface area contributed by atoms with E-state index < -0.39 is 21.7 Å². The molecule has 0 radical (unpaired) electrons. The van der Waals surface area contributed by atoms with Crippen molar-refractivity contribution in [1.82, 2.24) is 9.71 Å². The molecule has 7 nitrogen and oxygen atoms in total. The van der Waals surface area contributed by atoms with Gasteiger partial charge in [-0.1, -0.05) is 6.07 Å². The second-order valence-corrected chi connectivity index (χ2v) is 9.55. The van der Waals surface area contributed by atoms with Gasteiger partial charge in [0, 0.05) is 23.0 Å². The fraction of sp³-hybridized carbons (Fsp3) is 0.412. The molecule has 0 bridgehead atoms. The van der Waals surface area contributed by atoms with E-state index >= 15 is 0 Å². The molecule has 2 aromatic rings. The van der Waals surface area contributed by atoms with Gasteiger partial charge in [-0.3, -0.25) is 10.3 Å². The Morgan fingerprint density at radius 1 is 1.27 bits per heavy atom. The van der Waals surface area contributed by atoms with Gasteiger partial charge >= 0.3 is 6.09 Å². The maximum absolute atomic E-state index is 12.9. The molecule has 1 heterocycles. The van der Waals surface area contributed by atoms with Crippen LogP contribution >= 0.6 is 11.3 Å². The van der Waals surface area contributed by atoms with Gasteiger partial charge in [-0.15, -0.1) is 11.3 Å². The Morgan fingerprint density at radius 2 is 1.96 bits per heavy atom. The van der Waals surface area contributed by atoms with E-state index in [0.717, 1.165) is 4.88 Å². The monoisotopic (exact) mass is 397 g/mol. The summed E-state index contributed by atoms with van der Waals surface area (Å²) in [5, 5.41) is 2.56. The van der Waals surface area contributed by atoms with Crippen molar-refractivity contribution in [3.05, 3.63) is 29.9 Å². The van der Waals surface area contributed by atoms with E-state index in [0.29, 0.717) is 11.3 Å². The fourth-order valence-electron chi connectivity index (χ4n) is 2.19. The lowest BCUT2D eigenvalue weighted by Crippen LogP contribution is -2.40. The van der Waals surface area contributed by atoms with Crippen molar-refractivity contribution in [3.63, 3.8) is 0 Å². The largest absolute Gasteiger partial charge is 0.447 e. The van der Waals surface area contributed by atoms with Crippen LogP contribution in [0.25, 0.3) is 10.4 Å². The molecule has 0 saturated heterocycles. The number of ether oxygens (including phenoxy) is 1. The summed E-state index contributed by atoms with van der Waals surface area (Å²) in [6, 6.07) is 4.70. The Labute approximate surface area is 157 Å². The second-order valence-electron chi connectivity index (χ2n) is 7.01. The normalized spacial score (nSPS) is 12.2. The zero-order valence-electron chi connectivity index (χ0n) is 15.4. The molecule has 26 heavy (non-hydrogen) atoms. The van der Waals surface area contributed by atoms with Crippen LogP contribution in [0.1, 0.15) is 34.6 Å². The molecule has 9 heteroatoms. The summed E-state index contributed by atoms with van der Waals surface area (Å²) in [7, 11) is -3.82. The Kier molecular flexibility index (Phi) is 6.05. The molecule has 1 aromatic carbocycles. The van der Waals surface area contributed by atoms with E-state index in [1.165, 1.54) is 17.4 Å². The number of aromatic nitrogens is 1. The van der Waals surface area contributed by atoms with Gasteiger partial charge in [-0.05, 0) is 46.8 Å². The summed E-state index contributed by atoms with van der Waals surface area (Å²) in [5.41, 5.74) is 1.84. The number of amides is 1. The van der Waals surface area contributed by atoms with E-state index in [1.807, 2.05) is 0 Å². The van der Waals surface area contributed by atoms with E-state index in [2.05, 4.69) is 15.0 Å². The molecule has 0 atom stereocenters. The first-order valence-corrected chi connectivity index (χ1v) is 10.4. The summed E-state index contributed by atoms with van der Waals surface area (Å²) in [4.78, 5) is 16.6. The van der Waals surface area contributed by atoms with Crippen molar-refractivity contribution in [1.29, 1.82) is 0 Å². The number of hydrogen-bond donors (Lipinski definition) is 2. The maximum atomic E-state index is 12.9. The van der Waals surface area contributed by atoms with Crippen molar-refractivity contribution in [2.75, 3.05) is 5.32 Å². The minimum Gasteiger partial charge on any atom is -0.447 e. The average molecular weight is 398 g/mol. The van der Waals surface area contributed by atoms with E-state index in [1.54, 1.807) is 58.5 Å². The van der Waals surface area contributed by atoms with Crippen LogP contribution in [0, 0.1) is 0 Å². The van der Waals surface area contributed by atoms with Crippen LogP contribution in [-0.4, -0.2) is 31.1 Å². The zero-order chi connectivity index (χ0) is 19.5. The maximum Gasteiger partial charge on any atom is 0.411 e. The molecule has 2 N–H and O–H groups in total. The third-order valence-electron chi connectivity index (χ3n) is 3.00. The van der Waals surface area contributed by atoms with Crippen LogP contribution in [0.4, 0.5) is 10.5 Å². The first-order chi connectivity index (χ1) is 12.0. The molecule has 0 aliphatic heterocycles. The Balaban J connectivity index is 2.47. The molecule has 0 unspecified atom stereocenters. The van der Waals surface area contributed by atoms with E-state index in [-0.39, 0.29) is 11.0 Å². The summed E-state index contributed by atoms with van der Waals surface area (Å²) < 4.78 is 33.5. The fourth-order valence-corrected chi connectivity index (χ4v) is 4.59. The quantitative estimate of drug-likeness (QED) is 0.799. The average Bonchev–Trinajstić information content (AvgIpc) is 2.97. The number of sulfonamides is 1. The molecular formula is C17H23N3O4S2. The number of benzene rings is 1. The number of hydrogen-bond acceptors (Lipinski definition) is 6. The highest BCUT2D eigenvalue weighted by molar-refractivity contribution is 7.89. The topological polar surface area (TPSA) is 97.4 Å². The van der Waals surface area contributed by atoms with E-state index in [4.69, 9.17) is 4.74 Å². The van der Waals surface area contributed by atoms with Crippen molar-refractivity contribution in [2.45, 2.75) is 51.2 Å². The lowest BCUT2D eigenvalue weighted by atomic mass is 10.1. The molecule has 142 valence electrons. The highest BCUT2D eigenvalue weighted by atomic mass is 32.2. The van der Waals surface area contributed by atoms with Crippen LogP contribution in [0.2, 0.25) is 0 Å². The smallest absolute Gasteiger partial charge is 0.411 e. The standard InChI is InChI=1S/C17H23N3O4S2/c1-11(2)24-16(21)19-12-6-7-13(14-9-18-10-25-14)15(8-12)26(22,23)20-17(3,4)5/h6-11,20H,1-5H3,(H,19,21). The Bertz CT molecular complexity index is 870. The van der Waals surface area contributed by atoms with Gasteiger partial charge in [0.25, 0.3) is 0 Å². The predicted octanol–water partition coefficient (Wildman–Crippen LogP) is 3.84.